The molecule has 0 saturated carbocycles. The second-order valence-corrected chi connectivity index (χ2v) is 7.42. The van der Waals surface area contributed by atoms with Crippen LogP contribution >= 0.6 is 0 Å². The monoisotopic (exact) mass is 325 g/mol. The Hall–Kier alpha value is -2.29. The lowest BCUT2D eigenvalue weighted by molar-refractivity contribution is -0.136. The summed E-state index contributed by atoms with van der Waals surface area (Å²) in [6.07, 6.45) is 0.720. The summed E-state index contributed by atoms with van der Waals surface area (Å²) in [4.78, 5) is 13.1. The maximum atomic E-state index is 11.0. The molecular weight excluding hydrogens is 298 g/mol. The fourth-order valence-electron chi connectivity index (χ4n) is 3.12. The zero-order chi connectivity index (χ0) is 17.9. The van der Waals surface area contributed by atoms with Crippen LogP contribution in [0.25, 0.3) is 11.1 Å². The number of hydrogen-bond acceptors (Lipinski definition) is 2. The van der Waals surface area contributed by atoms with Crippen molar-refractivity contribution in [2.45, 2.75) is 39.0 Å². The lowest BCUT2D eigenvalue weighted by atomic mass is 9.78. The molecule has 1 N–H and O–H groups in total. The van der Waals surface area contributed by atoms with Crippen molar-refractivity contribution < 1.29 is 9.90 Å². The highest BCUT2D eigenvalue weighted by molar-refractivity contribution is 5.73. The minimum Gasteiger partial charge on any atom is -0.481 e. The summed E-state index contributed by atoms with van der Waals surface area (Å²) in [5.74, 6) is -0.754. The van der Waals surface area contributed by atoms with Gasteiger partial charge >= 0.3 is 5.97 Å². The summed E-state index contributed by atoms with van der Waals surface area (Å²) < 4.78 is 0. The molecule has 0 saturated heterocycles. The third-order valence-electron chi connectivity index (χ3n) is 4.20. The van der Waals surface area contributed by atoms with Crippen LogP contribution in [0.1, 0.15) is 38.3 Å². The van der Waals surface area contributed by atoms with Gasteiger partial charge in [0.1, 0.15) is 0 Å². The molecule has 0 aliphatic carbocycles. The maximum absolute atomic E-state index is 11.0. The molecule has 0 atom stereocenters. The van der Waals surface area contributed by atoms with E-state index in [9.17, 15) is 4.79 Å². The predicted molar refractivity (Wildman–Crippen MR) is 101 cm³/mol. The van der Waals surface area contributed by atoms with Gasteiger partial charge in [-0.15, -0.1) is 0 Å². The number of aliphatic carboxylic acids is 1. The van der Waals surface area contributed by atoms with E-state index >= 15 is 0 Å². The Kier molecular flexibility index (Phi) is 5.33. The first-order valence-electron chi connectivity index (χ1n) is 8.32. The van der Waals surface area contributed by atoms with Crippen LogP contribution in [0, 0.1) is 0 Å². The van der Waals surface area contributed by atoms with Crippen molar-refractivity contribution >= 4 is 11.7 Å². The minimum atomic E-state index is -0.754. The van der Waals surface area contributed by atoms with Gasteiger partial charge in [0.2, 0.25) is 0 Å². The van der Waals surface area contributed by atoms with Crippen LogP contribution in [0.2, 0.25) is 0 Å². The second-order valence-electron chi connectivity index (χ2n) is 7.42. The van der Waals surface area contributed by atoms with E-state index in [1.165, 1.54) is 16.7 Å². The Morgan fingerprint density at radius 3 is 2.17 bits per heavy atom. The highest BCUT2D eigenvalue weighted by Gasteiger charge is 2.22. The lowest BCUT2D eigenvalue weighted by Crippen LogP contribution is -2.16. The van der Waals surface area contributed by atoms with Crippen molar-refractivity contribution in [1.82, 2.24) is 0 Å². The van der Waals surface area contributed by atoms with Crippen LogP contribution in [0.15, 0.2) is 42.5 Å². The molecule has 2 aromatic carbocycles. The van der Waals surface area contributed by atoms with Crippen LogP contribution < -0.4 is 4.90 Å². The molecule has 0 radical (unpaired) electrons. The summed E-state index contributed by atoms with van der Waals surface area (Å²) >= 11 is 0. The molecule has 2 aromatic rings. The highest BCUT2D eigenvalue weighted by atomic mass is 16.4. The van der Waals surface area contributed by atoms with Gasteiger partial charge in [0, 0.05) is 26.2 Å². The van der Waals surface area contributed by atoms with E-state index in [0.717, 1.165) is 11.3 Å². The Morgan fingerprint density at radius 2 is 1.67 bits per heavy atom. The van der Waals surface area contributed by atoms with Gasteiger partial charge in [-0.05, 0) is 46.2 Å². The van der Waals surface area contributed by atoms with E-state index in [2.05, 4.69) is 62.1 Å². The Balaban J connectivity index is 2.52. The molecule has 0 amide bonds. The summed E-state index contributed by atoms with van der Waals surface area (Å²) in [5, 5.41) is 9.03. The topological polar surface area (TPSA) is 40.5 Å². The average Bonchev–Trinajstić information content (AvgIpc) is 2.51. The molecule has 128 valence electrons. The fraction of sp³-hybridized carbons (Fsp3) is 0.381. The quantitative estimate of drug-likeness (QED) is 0.863. The Bertz CT molecular complexity index is 710. The normalized spacial score (nSPS) is 11.4. The number of nitrogens with zero attached hydrogens (tertiary/aromatic N) is 1. The highest BCUT2D eigenvalue weighted by Crippen LogP contribution is 2.36. The van der Waals surface area contributed by atoms with Crippen LogP contribution in [-0.4, -0.2) is 25.2 Å². The van der Waals surface area contributed by atoms with E-state index in [-0.39, 0.29) is 11.8 Å². The molecule has 0 unspecified atom stereocenters. The summed E-state index contributed by atoms with van der Waals surface area (Å²) in [6.45, 7) is 6.55. The molecule has 24 heavy (non-hydrogen) atoms. The second kappa shape index (κ2) is 7.08. The smallest absolute Gasteiger partial charge is 0.303 e. The minimum absolute atomic E-state index is 0.0509. The van der Waals surface area contributed by atoms with E-state index in [0.29, 0.717) is 6.42 Å². The van der Waals surface area contributed by atoms with Gasteiger partial charge in [0.15, 0.2) is 0 Å². The molecule has 0 aliphatic heterocycles. The number of carboxylic acid groups (broad SMARTS) is 1. The third-order valence-corrected chi connectivity index (χ3v) is 4.20. The van der Waals surface area contributed by atoms with Gasteiger partial charge in [-0.3, -0.25) is 4.79 Å². The average molecular weight is 325 g/mol. The number of carboxylic acids is 1. The predicted octanol–water partition coefficient (Wildman–Crippen LogP) is 4.73. The third kappa shape index (κ3) is 4.16. The largest absolute Gasteiger partial charge is 0.481 e. The molecule has 0 spiro atoms. The van der Waals surface area contributed by atoms with Gasteiger partial charge in [-0.2, -0.15) is 0 Å². The van der Waals surface area contributed by atoms with Crippen LogP contribution in [-0.2, 0) is 16.6 Å². The molecule has 0 heterocycles. The van der Waals surface area contributed by atoms with E-state index in [4.69, 9.17) is 5.11 Å². The van der Waals surface area contributed by atoms with Crippen molar-refractivity contribution in [3.8, 4) is 11.1 Å². The first-order chi connectivity index (χ1) is 11.2. The number of hydrogen-bond donors (Lipinski definition) is 1. The fourth-order valence-corrected chi connectivity index (χ4v) is 3.12. The number of carbonyl (C=O) groups is 1. The number of benzene rings is 2. The zero-order valence-electron chi connectivity index (χ0n) is 15.3. The van der Waals surface area contributed by atoms with Crippen LogP contribution in [0.3, 0.4) is 0 Å². The molecule has 0 aromatic heterocycles. The molecule has 0 fully saturated rings. The van der Waals surface area contributed by atoms with Crippen molar-refractivity contribution in [1.29, 1.82) is 0 Å². The standard InChI is InChI=1S/C21H27NO2/c1-21(2,3)20-16(11-14-19(23)24)7-6-8-18(20)15-9-12-17(13-10-15)22(4)5/h6-10,12-13H,11,14H2,1-5H3,(H,23,24). The number of aryl methyl sites for hydroxylation is 1. The Morgan fingerprint density at radius 1 is 1.04 bits per heavy atom. The van der Waals surface area contributed by atoms with Gasteiger partial charge in [-0.1, -0.05) is 51.1 Å². The van der Waals surface area contributed by atoms with E-state index < -0.39 is 5.97 Å². The lowest BCUT2D eigenvalue weighted by Gasteiger charge is -2.27. The van der Waals surface area contributed by atoms with Gasteiger partial charge < -0.3 is 10.0 Å². The molecule has 0 bridgehead atoms. The molecule has 3 nitrogen and oxygen atoms in total. The van der Waals surface area contributed by atoms with Crippen molar-refractivity contribution in [3.05, 3.63) is 53.6 Å². The van der Waals surface area contributed by atoms with Crippen LogP contribution in [0.5, 0.6) is 0 Å². The maximum Gasteiger partial charge on any atom is 0.303 e. The number of anilines is 1. The molecule has 2 rings (SSSR count). The first-order valence-corrected chi connectivity index (χ1v) is 8.32. The van der Waals surface area contributed by atoms with E-state index in [1.807, 2.05) is 20.2 Å². The van der Waals surface area contributed by atoms with Crippen LogP contribution in [0.4, 0.5) is 5.69 Å². The molecular formula is C21H27NO2. The number of rotatable bonds is 5. The summed E-state index contributed by atoms with van der Waals surface area (Å²) in [7, 11) is 4.06. The van der Waals surface area contributed by atoms with Gasteiger partial charge in [0.25, 0.3) is 0 Å². The van der Waals surface area contributed by atoms with Crippen molar-refractivity contribution in [3.63, 3.8) is 0 Å². The van der Waals surface area contributed by atoms with Crippen molar-refractivity contribution in [2.75, 3.05) is 19.0 Å². The van der Waals surface area contributed by atoms with Gasteiger partial charge in [0.05, 0.1) is 0 Å². The zero-order valence-corrected chi connectivity index (χ0v) is 15.3. The molecule has 0 aliphatic rings. The van der Waals surface area contributed by atoms with Gasteiger partial charge in [-0.25, -0.2) is 0 Å². The van der Waals surface area contributed by atoms with Crippen molar-refractivity contribution in [2.24, 2.45) is 0 Å². The summed E-state index contributed by atoms with van der Waals surface area (Å²) in [6, 6.07) is 14.7. The summed E-state index contributed by atoms with van der Waals surface area (Å²) in [5.41, 5.74) is 5.84. The van der Waals surface area contributed by atoms with E-state index in [1.54, 1.807) is 0 Å². The Labute approximate surface area is 144 Å². The first kappa shape index (κ1) is 18.1. The molecule has 3 heteroatoms. The SMILES string of the molecule is CN(C)c1ccc(-c2cccc(CCC(=O)O)c2C(C)(C)C)cc1.